The van der Waals surface area contributed by atoms with Crippen LogP contribution in [0.5, 0.6) is 5.75 Å². The van der Waals surface area contributed by atoms with Crippen LogP contribution in [0.2, 0.25) is 0 Å². The molecule has 0 bridgehead atoms. The van der Waals surface area contributed by atoms with Crippen molar-refractivity contribution in [1.29, 1.82) is 0 Å². The second-order valence-corrected chi connectivity index (χ2v) is 11.2. The Morgan fingerprint density at radius 2 is 1.72 bits per heavy atom. The predicted molar refractivity (Wildman–Crippen MR) is 122 cm³/mol. The lowest BCUT2D eigenvalue weighted by molar-refractivity contribution is 0.0921. The van der Waals surface area contributed by atoms with Crippen LogP contribution in [-0.4, -0.2) is 59.0 Å². The van der Waals surface area contributed by atoms with E-state index >= 15 is 0 Å². The summed E-state index contributed by atoms with van der Waals surface area (Å²) in [6, 6.07) is 11.8. The summed E-state index contributed by atoms with van der Waals surface area (Å²) in [5, 5.41) is 2.83. The summed E-state index contributed by atoms with van der Waals surface area (Å²) < 4.78 is 57.9. The summed E-state index contributed by atoms with van der Waals surface area (Å²) in [5.74, 6) is 0.261. The Bertz CT molecular complexity index is 1150. The average Bonchev–Trinajstić information content (AvgIpc) is 2.75. The van der Waals surface area contributed by atoms with Crippen LogP contribution in [0, 0.1) is 0 Å². The number of rotatable bonds is 8. The third-order valence-corrected chi connectivity index (χ3v) is 7.70. The Balaban J connectivity index is 1.63. The number of piperidine rings is 1. The van der Waals surface area contributed by atoms with Crippen molar-refractivity contribution in [3.05, 3.63) is 54.1 Å². The average molecular weight is 482 g/mol. The molecular weight excluding hydrogens is 454 g/mol. The molecule has 9 nitrogen and oxygen atoms in total. The van der Waals surface area contributed by atoms with Gasteiger partial charge in [0.1, 0.15) is 5.75 Å². The highest BCUT2D eigenvalue weighted by molar-refractivity contribution is 7.92. The molecule has 0 aliphatic carbocycles. The molecule has 11 heteroatoms. The number of carbonyl (C=O) groups excluding carboxylic acids is 1. The second-order valence-electron chi connectivity index (χ2n) is 7.52. The van der Waals surface area contributed by atoms with Crippen LogP contribution in [-0.2, 0) is 20.0 Å². The molecule has 1 heterocycles. The van der Waals surface area contributed by atoms with Crippen LogP contribution < -0.4 is 14.8 Å². The predicted octanol–water partition coefficient (Wildman–Crippen LogP) is 2.04. The van der Waals surface area contributed by atoms with E-state index in [9.17, 15) is 21.6 Å². The number of amides is 1. The van der Waals surface area contributed by atoms with Crippen LogP contribution >= 0.6 is 0 Å². The highest BCUT2D eigenvalue weighted by Gasteiger charge is 2.27. The normalized spacial score (nSPS) is 17.5. The molecule has 32 heavy (non-hydrogen) atoms. The summed E-state index contributed by atoms with van der Waals surface area (Å²) in [6.07, 6.45) is 2.49. The maximum Gasteiger partial charge on any atom is 0.261 e. The summed E-state index contributed by atoms with van der Waals surface area (Å²) in [7, 11) is -7.14. The van der Waals surface area contributed by atoms with Crippen LogP contribution in [0.4, 0.5) is 5.69 Å². The zero-order chi connectivity index (χ0) is 23.4. The van der Waals surface area contributed by atoms with Gasteiger partial charge in [0.05, 0.1) is 17.8 Å². The number of ether oxygens (including phenoxy) is 1. The summed E-state index contributed by atoms with van der Waals surface area (Å²) in [5.41, 5.74) is 0.685. The molecule has 2 aromatic rings. The molecule has 2 N–H and O–H groups in total. The summed E-state index contributed by atoms with van der Waals surface area (Å²) >= 11 is 0. The number of nitrogens with one attached hydrogen (secondary N) is 2. The maximum absolute atomic E-state index is 12.6. The second kappa shape index (κ2) is 9.88. The molecule has 3 rings (SSSR count). The van der Waals surface area contributed by atoms with Crippen molar-refractivity contribution in [2.24, 2.45) is 0 Å². The molecule has 1 atom stereocenters. The van der Waals surface area contributed by atoms with Gasteiger partial charge in [-0.25, -0.2) is 21.1 Å². The van der Waals surface area contributed by atoms with Gasteiger partial charge in [-0.3, -0.25) is 9.52 Å². The fourth-order valence-electron chi connectivity index (χ4n) is 3.42. The summed E-state index contributed by atoms with van der Waals surface area (Å²) in [6.45, 7) is 3.05. The van der Waals surface area contributed by atoms with Crippen LogP contribution in [0.3, 0.4) is 0 Å². The molecule has 1 aliphatic heterocycles. The Labute approximate surface area is 188 Å². The monoisotopic (exact) mass is 481 g/mol. The van der Waals surface area contributed by atoms with Crippen molar-refractivity contribution in [1.82, 2.24) is 9.62 Å². The van der Waals surface area contributed by atoms with E-state index < -0.39 is 20.0 Å². The van der Waals surface area contributed by atoms with Crippen molar-refractivity contribution in [2.75, 3.05) is 30.7 Å². The van der Waals surface area contributed by atoms with Crippen molar-refractivity contribution < 1.29 is 26.4 Å². The Kier molecular flexibility index (Phi) is 7.42. The van der Waals surface area contributed by atoms with E-state index in [1.165, 1.54) is 28.6 Å². The third kappa shape index (κ3) is 6.21. The van der Waals surface area contributed by atoms with E-state index in [0.29, 0.717) is 43.0 Å². The van der Waals surface area contributed by atoms with Gasteiger partial charge in [-0.15, -0.1) is 0 Å². The van der Waals surface area contributed by atoms with Crippen LogP contribution in [0.25, 0.3) is 0 Å². The molecule has 1 unspecified atom stereocenters. The minimum absolute atomic E-state index is 0.0175. The minimum Gasteiger partial charge on any atom is -0.494 e. The molecule has 2 aromatic carbocycles. The van der Waals surface area contributed by atoms with Gasteiger partial charge in [0.25, 0.3) is 15.9 Å². The number of hydrogen-bond donors (Lipinski definition) is 2. The number of hydrogen-bond acceptors (Lipinski definition) is 6. The SMILES string of the molecule is CCOc1ccc(NS(=O)(=O)c2ccc(C(=O)NC3CCCN(S(C)(=O)=O)C3)cc2)cc1. The van der Waals surface area contributed by atoms with Gasteiger partial charge in [0.2, 0.25) is 10.0 Å². The molecule has 0 spiro atoms. The zero-order valence-corrected chi connectivity index (χ0v) is 19.6. The fraction of sp³-hybridized carbons (Fsp3) is 0.381. The quantitative estimate of drug-likeness (QED) is 0.595. The van der Waals surface area contributed by atoms with E-state index in [0.717, 1.165) is 6.26 Å². The van der Waals surface area contributed by atoms with Crippen molar-refractivity contribution in [3.8, 4) is 5.75 Å². The van der Waals surface area contributed by atoms with Gasteiger partial charge < -0.3 is 10.1 Å². The van der Waals surface area contributed by atoms with Crippen molar-refractivity contribution >= 4 is 31.6 Å². The number of sulfonamides is 2. The first-order valence-electron chi connectivity index (χ1n) is 10.2. The largest absolute Gasteiger partial charge is 0.494 e. The third-order valence-electron chi connectivity index (χ3n) is 5.03. The zero-order valence-electron chi connectivity index (χ0n) is 17.9. The highest BCUT2D eigenvalue weighted by atomic mass is 32.2. The maximum atomic E-state index is 12.6. The molecule has 1 amide bonds. The van der Waals surface area contributed by atoms with Gasteiger partial charge in [0.15, 0.2) is 0 Å². The van der Waals surface area contributed by atoms with E-state index in [2.05, 4.69) is 10.0 Å². The summed E-state index contributed by atoms with van der Waals surface area (Å²) in [4.78, 5) is 12.6. The Morgan fingerprint density at radius 1 is 1.06 bits per heavy atom. The fourth-order valence-corrected chi connectivity index (χ4v) is 5.39. The van der Waals surface area contributed by atoms with E-state index in [4.69, 9.17) is 4.74 Å². The van der Waals surface area contributed by atoms with Gasteiger partial charge in [-0.1, -0.05) is 0 Å². The van der Waals surface area contributed by atoms with Gasteiger partial charge >= 0.3 is 0 Å². The van der Waals surface area contributed by atoms with Gasteiger partial charge in [-0.05, 0) is 68.3 Å². The molecule has 1 saturated heterocycles. The molecule has 174 valence electrons. The van der Waals surface area contributed by atoms with Crippen LogP contribution in [0.1, 0.15) is 30.1 Å². The Hall–Kier alpha value is -2.63. The first-order chi connectivity index (χ1) is 15.1. The first kappa shape index (κ1) is 24.0. The topological polar surface area (TPSA) is 122 Å². The number of anilines is 1. The first-order valence-corrected chi connectivity index (χ1v) is 13.5. The Morgan fingerprint density at radius 3 is 2.31 bits per heavy atom. The van der Waals surface area contributed by atoms with Gasteiger partial charge in [-0.2, -0.15) is 0 Å². The van der Waals surface area contributed by atoms with Gasteiger partial charge in [0, 0.05) is 30.4 Å². The smallest absolute Gasteiger partial charge is 0.261 e. The molecule has 1 fully saturated rings. The molecule has 0 saturated carbocycles. The minimum atomic E-state index is -3.83. The lowest BCUT2D eigenvalue weighted by Gasteiger charge is -2.31. The van der Waals surface area contributed by atoms with Crippen molar-refractivity contribution in [3.63, 3.8) is 0 Å². The lowest BCUT2D eigenvalue weighted by atomic mass is 10.1. The van der Waals surface area contributed by atoms with E-state index in [1.54, 1.807) is 24.3 Å². The molecule has 0 radical (unpaired) electrons. The molecule has 1 aliphatic rings. The number of benzene rings is 2. The standard InChI is InChI=1S/C21H27N3O6S2/c1-3-30-19-10-8-17(9-11-19)23-32(28,29)20-12-6-16(7-13-20)21(25)22-18-5-4-14-24(15-18)31(2,26)27/h6-13,18,23H,3-5,14-15H2,1-2H3,(H,22,25). The van der Waals surface area contributed by atoms with Crippen molar-refractivity contribution in [2.45, 2.75) is 30.7 Å². The van der Waals surface area contributed by atoms with E-state index in [1.807, 2.05) is 6.92 Å². The molecular formula is C21H27N3O6S2. The lowest BCUT2D eigenvalue weighted by Crippen LogP contribution is -2.49. The van der Waals surface area contributed by atoms with E-state index in [-0.39, 0.29) is 23.4 Å². The molecule has 0 aromatic heterocycles. The van der Waals surface area contributed by atoms with Crippen LogP contribution in [0.15, 0.2) is 53.4 Å². The number of carbonyl (C=O) groups is 1. The highest BCUT2D eigenvalue weighted by Crippen LogP contribution is 2.20. The number of nitrogens with zero attached hydrogens (tertiary/aromatic N) is 1.